The number of thioether (sulfide) groups is 1. The van der Waals surface area contributed by atoms with Gasteiger partial charge in [0.25, 0.3) is 5.22 Å². The van der Waals surface area contributed by atoms with Gasteiger partial charge in [-0.15, -0.1) is 10.2 Å². The van der Waals surface area contributed by atoms with Crippen molar-refractivity contribution in [1.29, 1.82) is 0 Å². The Bertz CT molecular complexity index is 1040. The molecule has 1 amide bonds. The molecule has 0 bridgehead atoms. The van der Waals surface area contributed by atoms with Gasteiger partial charge in [-0.25, -0.2) is 0 Å². The molecule has 1 fully saturated rings. The highest BCUT2D eigenvalue weighted by Gasteiger charge is 2.22. The standard InChI is InChI=1S/C20H16BrN3O3S/c21-15-6-1-5-14(10-15)19-22-23-20(27-19)28-12-17(25)13-4-2-7-16(11-13)24-9-3-8-18(24)26/h1-2,4-7,10-11H,3,8-9,12H2. The summed E-state index contributed by atoms with van der Waals surface area (Å²) >= 11 is 4.61. The fraction of sp³-hybridized carbons (Fsp3) is 0.200. The third-order valence-corrected chi connectivity index (χ3v) is 5.67. The van der Waals surface area contributed by atoms with Gasteiger partial charge >= 0.3 is 0 Å². The van der Waals surface area contributed by atoms with Crippen molar-refractivity contribution in [3.05, 3.63) is 58.6 Å². The number of benzene rings is 2. The first kappa shape index (κ1) is 18.9. The fourth-order valence-electron chi connectivity index (χ4n) is 2.99. The third kappa shape index (κ3) is 4.18. The van der Waals surface area contributed by atoms with Gasteiger partial charge in [0, 0.05) is 34.3 Å². The van der Waals surface area contributed by atoms with E-state index in [0.29, 0.717) is 29.6 Å². The lowest BCUT2D eigenvalue weighted by Gasteiger charge is -2.16. The summed E-state index contributed by atoms with van der Waals surface area (Å²) < 4.78 is 6.57. The summed E-state index contributed by atoms with van der Waals surface area (Å²) in [5, 5.41) is 8.39. The maximum Gasteiger partial charge on any atom is 0.277 e. The van der Waals surface area contributed by atoms with Crippen LogP contribution in [-0.4, -0.2) is 34.2 Å². The lowest BCUT2D eigenvalue weighted by atomic mass is 10.1. The SMILES string of the molecule is O=C(CSc1nnc(-c2cccc(Br)c2)o1)c1cccc(N2CCCC2=O)c1. The first-order valence-electron chi connectivity index (χ1n) is 8.76. The van der Waals surface area contributed by atoms with Crippen molar-refractivity contribution in [2.24, 2.45) is 0 Å². The van der Waals surface area contributed by atoms with Crippen LogP contribution in [0, 0.1) is 0 Å². The Morgan fingerprint density at radius 3 is 2.82 bits per heavy atom. The van der Waals surface area contributed by atoms with Crippen LogP contribution in [0.2, 0.25) is 0 Å². The molecule has 1 aliphatic heterocycles. The molecule has 0 radical (unpaired) electrons. The smallest absolute Gasteiger partial charge is 0.277 e. The van der Waals surface area contributed by atoms with Crippen molar-refractivity contribution < 1.29 is 14.0 Å². The van der Waals surface area contributed by atoms with Crippen molar-refractivity contribution in [2.75, 3.05) is 17.2 Å². The summed E-state index contributed by atoms with van der Waals surface area (Å²) in [5.41, 5.74) is 2.15. The first-order chi connectivity index (χ1) is 13.6. The van der Waals surface area contributed by atoms with Gasteiger partial charge < -0.3 is 9.32 Å². The predicted molar refractivity (Wildman–Crippen MR) is 111 cm³/mol. The molecular formula is C20H16BrN3O3S. The lowest BCUT2D eigenvalue weighted by molar-refractivity contribution is -0.117. The summed E-state index contributed by atoms with van der Waals surface area (Å²) in [6.07, 6.45) is 1.41. The number of hydrogen-bond donors (Lipinski definition) is 0. The molecule has 0 unspecified atom stereocenters. The van der Waals surface area contributed by atoms with E-state index in [0.717, 1.165) is 22.1 Å². The van der Waals surface area contributed by atoms with Gasteiger partial charge in [-0.3, -0.25) is 9.59 Å². The molecule has 0 saturated carbocycles. The van der Waals surface area contributed by atoms with Crippen molar-refractivity contribution in [3.63, 3.8) is 0 Å². The van der Waals surface area contributed by atoms with Crippen molar-refractivity contribution in [1.82, 2.24) is 10.2 Å². The minimum Gasteiger partial charge on any atom is -0.411 e. The Morgan fingerprint density at radius 2 is 2.04 bits per heavy atom. The number of hydrogen-bond acceptors (Lipinski definition) is 6. The minimum absolute atomic E-state index is 0.0549. The first-order valence-corrected chi connectivity index (χ1v) is 10.5. The van der Waals surface area contributed by atoms with E-state index >= 15 is 0 Å². The second kappa shape index (κ2) is 8.28. The maximum absolute atomic E-state index is 12.6. The van der Waals surface area contributed by atoms with Crippen molar-refractivity contribution in [3.8, 4) is 11.5 Å². The van der Waals surface area contributed by atoms with Crippen LogP contribution in [-0.2, 0) is 4.79 Å². The summed E-state index contributed by atoms with van der Waals surface area (Å²) in [6, 6.07) is 14.8. The zero-order valence-corrected chi connectivity index (χ0v) is 17.2. The van der Waals surface area contributed by atoms with Crippen molar-refractivity contribution in [2.45, 2.75) is 18.1 Å². The number of carbonyl (C=O) groups excluding carboxylic acids is 2. The minimum atomic E-state index is -0.0549. The summed E-state index contributed by atoms with van der Waals surface area (Å²) in [6.45, 7) is 0.700. The van der Waals surface area contributed by atoms with Gasteiger partial charge in [0.1, 0.15) is 0 Å². The quantitative estimate of drug-likeness (QED) is 0.397. The molecule has 1 aromatic heterocycles. The van der Waals surface area contributed by atoms with Crippen LogP contribution in [0.5, 0.6) is 0 Å². The number of aromatic nitrogens is 2. The number of rotatable bonds is 6. The molecule has 3 aromatic rings. The topological polar surface area (TPSA) is 76.3 Å². The van der Waals surface area contributed by atoms with Gasteiger partial charge in [0.05, 0.1) is 5.75 Å². The molecule has 0 atom stereocenters. The molecule has 2 aromatic carbocycles. The summed E-state index contributed by atoms with van der Waals surface area (Å²) in [4.78, 5) is 26.2. The highest BCUT2D eigenvalue weighted by molar-refractivity contribution is 9.10. The zero-order valence-electron chi connectivity index (χ0n) is 14.8. The molecule has 1 aliphatic rings. The number of nitrogens with zero attached hydrogens (tertiary/aromatic N) is 3. The lowest BCUT2D eigenvalue weighted by Crippen LogP contribution is -2.23. The van der Waals surface area contributed by atoms with E-state index in [4.69, 9.17) is 4.42 Å². The number of halogens is 1. The number of Topliss-reactive ketones (excluding diaryl/α,β-unsaturated/α-hetero) is 1. The van der Waals surface area contributed by atoms with Crippen LogP contribution in [0.1, 0.15) is 23.2 Å². The normalized spacial score (nSPS) is 13.9. The molecule has 1 saturated heterocycles. The summed E-state index contributed by atoms with van der Waals surface area (Å²) in [7, 11) is 0. The number of ketones is 1. The van der Waals surface area contributed by atoms with Gasteiger partial charge in [-0.1, -0.05) is 45.9 Å². The molecule has 0 aliphatic carbocycles. The third-order valence-electron chi connectivity index (χ3n) is 4.36. The van der Waals surface area contributed by atoms with Gasteiger partial charge in [0.2, 0.25) is 11.8 Å². The van der Waals surface area contributed by atoms with Crippen molar-refractivity contribution >= 4 is 45.1 Å². The van der Waals surface area contributed by atoms with Crippen LogP contribution < -0.4 is 4.90 Å². The fourth-order valence-corrected chi connectivity index (χ4v) is 4.04. The second-order valence-corrected chi connectivity index (χ2v) is 8.14. The van der Waals surface area contributed by atoms with Gasteiger partial charge in [-0.05, 0) is 36.8 Å². The Morgan fingerprint density at radius 1 is 1.18 bits per heavy atom. The maximum atomic E-state index is 12.6. The van der Waals surface area contributed by atoms with Gasteiger partial charge in [-0.2, -0.15) is 0 Å². The van der Waals surface area contributed by atoms with E-state index in [1.807, 2.05) is 30.3 Å². The Labute approximate surface area is 174 Å². The van der Waals surface area contributed by atoms with Crippen LogP contribution >= 0.6 is 27.7 Å². The van der Waals surface area contributed by atoms with E-state index in [-0.39, 0.29) is 17.4 Å². The zero-order chi connectivity index (χ0) is 19.5. The van der Waals surface area contributed by atoms with E-state index in [2.05, 4.69) is 26.1 Å². The Hall–Kier alpha value is -2.45. The van der Waals surface area contributed by atoms with Crippen LogP contribution in [0.3, 0.4) is 0 Å². The molecule has 4 rings (SSSR count). The highest BCUT2D eigenvalue weighted by atomic mass is 79.9. The van der Waals surface area contributed by atoms with E-state index in [1.165, 1.54) is 11.8 Å². The predicted octanol–water partition coefficient (Wildman–Crippen LogP) is 4.60. The second-order valence-electron chi connectivity index (χ2n) is 6.29. The molecule has 28 heavy (non-hydrogen) atoms. The molecule has 2 heterocycles. The van der Waals surface area contributed by atoms with Crippen LogP contribution in [0.4, 0.5) is 5.69 Å². The van der Waals surface area contributed by atoms with Crippen LogP contribution in [0.15, 0.2) is 62.6 Å². The summed E-state index contributed by atoms with van der Waals surface area (Å²) in [5.74, 6) is 0.633. The molecule has 8 heteroatoms. The molecule has 142 valence electrons. The Kier molecular flexibility index (Phi) is 5.59. The van der Waals surface area contributed by atoms with Gasteiger partial charge in [0.15, 0.2) is 5.78 Å². The number of carbonyl (C=O) groups is 2. The molecule has 0 spiro atoms. The Balaban J connectivity index is 1.42. The monoisotopic (exact) mass is 457 g/mol. The van der Waals surface area contributed by atoms with E-state index < -0.39 is 0 Å². The highest BCUT2D eigenvalue weighted by Crippen LogP contribution is 2.27. The average molecular weight is 458 g/mol. The number of amides is 1. The number of anilines is 1. The van der Waals surface area contributed by atoms with E-state index in [1.54, 1.807) is 23.1 Å². The molecular weight excluding hydrogens is 442 g/mol. The average Bonchev–Trinajstić information content (AvgIpc) is 3.35. The molecule has 6 nitrogen and oxygen atoms in total. The molecule has 0 N–H and O–H groups in total. The van der Waals surface area contributed by atoms with Crippen LogP contribution in [0.25, 0.3) is 11.5 Å². The van der Waals surface area contributed by atoms with E-state index in [9.17, 15) is 9.59 Å². The largest absolute Gasteiger partial charge is 0.411 e.